The van der Waals surface area contributed by atoms with Gasteiger partial charge in [-0.25, -0.2) is 0 Å². The maximum Gasteiger partial charge on any atom is 0.251 e. The summed E-state index contributed by atoms with van der Waals surface area (Å²) in [5.74, 6) is 0.0985. The van der Waals surface area contributed by atoms with Crippen molar-refractivity contribution in [3.8, 4) is 0 Å². The van der Waals surface area contributed by atoms with Crippen molar-refractivity contribution in [3.05, 3.63) is 35.9 Å². The molecule has 2 rings (SSSR count). The molecule has 1 aliphatic rings. The average molecular weight is 219 g/mol. The summed E-state index contributed by atoms with van der Waals surface area (Å²) in [4.78, 5) is 13.8. The summed E-state index contributed by atoms with van der Waals surface area (Å²) in [6.07, 6.45) is 0.620. The minimum absolute atomic E-state index is 0.0985. The molecule has 0 aromatic heterocycles. The van der Waals surface area contributed by atoms with E-state index >= 15 is 0 Å². The number of amides is 1. The fourth-order valence-electron chi connectivity index (χ4n) is 1.91. The maximum atomic E-state index is 12.0. The highest BCUT2D eigenvalue weighted by atomic mass is 16.5. The summed E-state index contributed by atoms with van der Waals surface area (Å²) in [7, 11) is 0. The van der Waals surface area contributed by atoms with Gasteiger partial charge in [-0.05, 0) is 18.9 Å². The van der Waals surface area contributed by atoms with Gasteiger partial charge in [0, 0.05) is 19.7 Å². The van der Waals surface area contributed by atoms with Crippen molar-refractivity contribution in [1.82, 2.24) is 4.90 Å². The minimum Gasteiger partial charge on any atom is -0.369 e. The van der Waals surface area contributed by atoms with E-state index in [1.807, 2.05) is 42.2 Å². The summed E-state index contributed by atoms with van der Waals surface area (Å²) in [5.41, 5.74) is 1.17. The number of carbonyl (C=O) groups excluding carboxylic acids is 1. The van der Waals surface area contributed by atoms with Crippen LogP contribution in [0.3, 0.4) is 0 Å². The number of benzene rings is 1. The standard InChI is InChI=1S/C13H17NO2/c1-11-13(15)14(8-5-9-16-11)10-12-6-3-2-4-7-12/h2-4,6-7,11H,5,8-10H2,1H3/t11-/m0/s1. The summed E-state index contributed by atoms with van der Waals surface area (Å²) < 4.78 is 5.39. The summed E-state index contributed by atoms with van der Waals surface area (Å²) in [6, 6.07) is 10.1. The molecule has 0 saturated carbocycles. The fraction of sp³-hybridized carbons (Fsp3) is 0.462. The molecule has 0 bridgehead atoms. The van der Waals surface area contributed by atoms with E-state index in [1.165, 1.54) is 5.56 Å². The van der Waals surface area contributed by atoms with Crippen LogP contribution in [0.1, 0.15) is 18.9 Å². The van der Waals surface area contributed by atoms with Gasteiger partial charge in [0.15, 0.2) is 0 Å². The molecule has 0 spiro atoms. The zero-order valence-electron chi connectivity index (χ0n) is 9.56. The molecular formula is C13H17NO2. The molecule has 1 amide bonds. The Morgan fingerprint density at radius 3 is 2.88 bits per heavy atom. The van der Waals surface area contributed by atoms with Crippen LogP contribution in [0.5, 0.6) is 0 Å². The molecule has 1 atom stereocenters. The highest BCUT2D eigenvalue weighted by Crippen LogP contribution is 2.11. The Morgan fingerprint density at radius 1 is 1.38 bits per heavy atom. The normalized spacial score (nSPS) is 21.9. The third-order valence-corrected chi connectivity index (χ3v) is 2.82. The van der Waals surface area contributed by atoms with E-state index in [9.17, 15) is 4.79 Å². The molecule has 3 heteroatoms. The second-order valence-electron chi connectivity index (χ2n) is 4.11. The first kappa shape index (κ1) is 11.1. The average Bonchev–Trinajstić information content (AvgIpc) is 2.46. The molecule has 0 unspecified atom stereocenters. The Morgan fingerprint density at radius 2 is 2.12 bits per heavy atom. The monoisotopic (exact) mass is 219 g/mol. The van der Waals surface area contributed by atoms with Gasteiger partial charge >= 0.3 is 0 Å². The molecule has 86 valence electrons. The van der Waals surface area contributed by atoms with E-state index in [-0.39, 0.29) is 12.0 Å². The van der Waals surface area contributed by atoms with Crippen molar-refractivity contribution in [2.24, 2.45) is 0 Å². The van der Waals surface area contributed by atoms with Crippen LogP contribution < -0.4 is 0 Å². The fourth-order valence-corrected chi connectivity index (χ4v) is 1.91. The number of hydrogen-bond donors (Lipinski definition) is 0. The highest BCUT2D eigenvalue weighted by Gasteiger charge is 2.23. The topological polar surface area (TPSA) is 29.5 Å². The van der Waals surface area contributed by atoms with E-state index in [0.29, 0.717) is 13.2 Å². The van der Waals surface area contributed by atoms with Gasteiger partial charge in [-0.2, -0.15) is 0 Å². The Labute approximate surface area is 96.0 Å². The number of hydrogen-bond acceptors (Lipinski definition) is 2. The van der Waals surface area contributed by atoms with Crippen LogP contribution in [0.25, 0.3) is 0 Å². The zero-order valence-corrected chi connectivity index (χ0v) is 9.56. The molecule has 1 aromatic rings. The molecular weight excluding hydrogens is 202 g/mol. The summed E-state index contributed by atoms with van der Waals surface area (Å²) >= 11 is 0. The first-order chi connectivity index (χ1) is 7.77. The molecule has 1 heterocycles. The summed E-state index contributed by atoms with van der Waals surface area (Å²) in [6.45, 7) is 3.98. The predicted molar refractivity (Wildman–Crippen MR) is 61.9 cm³/mol. The second kappa shape index (κ2) is 5.12. The van der Waals surface area contributed by atoms with Gasteiger partial charge < -0.3 is 9.64 Å². The third-order valence-electron chi connectivity index (χ3n) is 2.82. The number of ether oxygens (including phenoxy) is 1. The van der Waals surface area contributed by atoms with Gasteiger partial charge in [0.1, 0.15) is 6.10 Å². The largest absolute Gasteiger partial charge is 0.369 e. The Balaban J connectivity index is 2.05. The van der Waals surface area contributed by atoms with E-state index in [2.05, 4.69) is 0 Å². The van der Waals surface area contributed by atoms with Crippen molar-refractivity contribution < 1.29 is 9.53 Å². The van der Waals surface area contributed by atoms with Gasteiger partial charge in [0.05, 0.1) is 0 Å². The molecule has 1 fully saturated rings. The van der Waals surface area contributed by atoms with Crippen LogP contribution in [-0.4, -0.2) is 30.1 Å². The highest BCUT2D eigenvalue weighted by molar-refractivity contribution is 5.80. The van der Waals surface area contributed by atoms with Crippen molar-refractivity contribution in [2.45, 2.75) is 26.0 Å². The van der Waals surface area contributed by atoms with Crippen LogP contribution >= 0.6 is 0 Å². The van der Waals surface area contributed by atoms with Crippen molar-refractivity contribution in [2.75, 3.05) is 13.2 Å². The Bertz CT molecular complexity index is 350. The zero-order chi connectivity index (χ0) is 11.4. The number of nitrogens with zero attached hydrogens (tertiary/aromatic N) is 1. The molecule has 0 radical (unpaired) electrons. The minimum atomic E-state index is -0.300. The third kappa shape index (κ3) is 2.61. The van der Waals surface area contributed by atoms with Crippen LogP contribution in [0.4, 0.5) is 0 Å². The smallest absolute Gasteiger partial charge is 0.251 e. The van der Waals surface area contributed by atoms with Gasteiger partial charge in [0.2, 0.25) is 0 Å². The van der Waals surface area contributed by atoms with Crippen molar-refractivity contribution in [3.63, 3.8) is 0 Å². The quantitative estimate of drug-likeness (QED) is 0.759. The van der Waals surface area contributed by atoms with Gasteiger partial charge in [0.25, 0.3) is 5.91 Å². The second-order valence-corrected chi connectivity index (χ2v) is 4.11. The van der Waals surface area contributed by atoms with Crippen molar-refractivity contribution in [1.29, 1.82) is 0 Å². The van der Waals surface area contributed by atoms with Crippen LogP contribution in [0.15, 0.2) is 30.3 Å². The SMILES string of the molecule is C[C@@H]1OCCCN(Cc2ccccc2)C1=O. The van der Waals surface area contributed by atoms with Crippen molar-refractivity contribution >= 4 is 5.91 Å². The molecule has 1 saturated heterocycles. The first-order valence-electron chi connectivity index (χ1n) is 5.71. The Kier molecular flexibility index (Phi) is 3.57. The lowest BCUT2D eigenvalue weighted by Crippen LogP contribution is -2.36. The molecule has 1 aromatic carbocycles. The van der Waals surface area contributed by atoms with Gasteiger partial charge in [-0.1, -0.05) is 30.3 Å². The number of carbonyl (C=O) groups is 1. The molecule has 1 aliphatic heterocycles. The maximum absolute atomic E-state index is 12.0. The van der Waals surface area contributed by atoms with Gasteiger partial charge in [-0.3, -0.25) is 4.79 Å². The molecule has 0 aliphatic carbocycles. The van der Waals surface area contributed by atoms with E-state index < -0.39 is 0 Å². The van der Waals surface area contributed by atoms with E-state index in [4.69, 9.17) is 4.74 Å². The van der Waals surface area contributed by atoms with Crippen LogP contribution in [0, 0.1) is 0 Å². The number of rotatable bonds is 2. The molecule has 0 N–H and O–H groups in total. The predicted octanol–water partition coefficient (Wildman–Crippen LogP) is 1.82. The van der Waals surface area contributed by atoms with E-state index in [0.717, 1.165) is 13.0 Å². The lowest BCUT2D eigenvalue weighted by Gasteiger charge is -2.22. The van der Waals surface area contributed by atoms with E-state index in [1.54, 1.807) is 0 Å². The summed E-state index contributed by atoms with van der Waals surface area (Å²) in [5, 5.41) is 0. The molecule has 16 heavy (non-hydrogen) atoms. The Hall–Kier alpha value is -1.35. The molecule has 3 nitrogen and oxygen atoms in total. The lowest BCUT2D eigenvalue weighted by molar-refractivity contribution is -0.140. The van der Waals surface area contributed by atoms with Crippen LogP contribution in [-0.2, 0) is 16.1 Å². The van der Waals surface area contributed by atoms with Gasteiger partial charge in [-0.15, -0.1) is 0 Å². The van der Waals surface area contributed by atoms with Crippen LogP contribution in [0.2, 0.25) is 0 Å². The lowest BCUT2D eigenvalue weighted by atomic mass is 10.2. The first-order valence-corrected chi connectivity index (χ1v) is 5.71.